The Balaban J connectivity index is 1.65. The minimum atomic E-state index is -0.332. The van der Waals surface area contributed by atoms with Crippen molar-refractivity contribution in [3.8, 4) is 11.3 Å². The van der Waals surface area contributed by atoms with E-state index in [-0.39, 0.29) is 5.91 Å². The molecule has 0 bridgehead atoms. The molecule has 0 aliphatic heterocycles. The zero-order valence-corrected chi connectivity index (χ0v) is 14.6. The number of aromatic nitrogens is 6. The summed E-state index contributed by atoms with van der Waals surface area (Å²) < 4.78 is 8.30. The summed E-state index contributed by atoms with van der Waals surface area (Å²) in [5.74, 6) is 0.0228. The highest BCUT2D eigenvalue weighted by Crippen LogP contribution is 2.19. The van der Waals surface area contributed by atoms with Crippen molar-refractivity contribution < 1.29 is 9.53 Å². The zero-order chi connectivity index (χ0) is 18.6. The van der Waals surface area contributed by atoms with Crippen molar-refractivity contribution >= 4 is 17.4 Å². The quantitative estimate of drug-likeness (QED) is 0.564. The molecule has 3 heterocycles. The zero-order valence-electron chi connectivity index (χ0n) is 14.6. The molecule has 9 heteroatoms. The molecule has 1 N–H and O–H groups in total. The van der Waals surface area contributed by atoms with Crippen LogP contribution in [0.4, 0.5) is 5.69 Å². The van der Waals surface area contributed by atoms with Crippen molar-refractivity contribution in [2.24, 2.45) is 0 Å². The lowest BCUT2D eigenvalue weighted by atomic mass is 10.1. The number of anilines is 1. The molecule has 1 aromatic carbocycles. The summed E-state index contributed by atoms with van der Waals surface area (Å²) >= 11 is 0. The maximum absolute atomic E-state index is 12.8. The third-order valence-electron chi connectivity index (χ3n) is 3.87. The molecule has 0 aliphatic carbocycles. The molecule has 0 fully saturated rings. The highest BCUT2D eigenvalue weighted by atomic mass is 16.5. The SMILES string of the molecule is CCOCn1cc(NC(=O)c2cc(-c3ccccc3)nc3ncnn23)cn1. The van der Waals surface area contributed by atoms with E-state index in [9.17, 15) is 4.79 Å². The van der Waals surface area contributed by atoms with Gasteiger partial charge in [0.1, 0.15) is 18.8 Å². The molecule has 27 heavy (non-hydrogen) atoms. The molecule has 0 radical (unpaired) electrons. The van der Waals surface area contributed by atoms with Gasteiger partial charge in [-0.2, -0.15) is 19.7 Å². The Morgan fingerprint density at radius 1 is 1.22 bits per heavy atom. The lowest BCUT2D eigenvalue weighted by Crippen LogP contribution is -2.17. The third kappa shape index (κ3) is 3.53. The van der Waals surface area contributed by atoms with Gasteiger partial charge < -0.3 is 10.1 Å². The smallest absolute Gasteiger partial charge is 0.274 e. The molecule has 0 saturated carbocycles. The number of fused-ring (bicyclic) bond motifs is 1. The van der Waals surface area contributed by atoms with E-state index < -0.39 is 0 Å². The average Bonchev–Trinajstić information content (AvgIpc) is 3.35. The van der Waals surface area contributed by atoms with Gasteiger partial charge in [0.05, 0.1) is 23.8 Å². The standard InChI is InChI=1S/C18H17N7O2/c1-2-27-12-24-10-14(9-20-24)22-17(26)16-8-15(13-6-4-3-5-7-13)23-18-19-11-21-25(16)18/h3-11H,2,12H2,1H3,(H,22,26). The number of rotatable bonds is 6. The molecular weight excluding hydrogens is 346 g/mol. The highest BCUT2D eigenvalue weighted by Gasteiger charge is 2.16. The van der Waals surface area contributed by atoms with Crippen LogP contribution >= 0.6 is 0 Å². The van der Waals surface area contributed by atoms with Gasteiger partial charge in [0, 0.05) is 12.2 Å². The molecule has 4 aromatic rings. The maximum Gasteiger partial charge on any atom is 0.274 e. The van der Waals surface area contributed by atoms with Crippen LogP contribution in [0.15, 0.2) is 55.1 Å². The van der Waals surface area contributed by atoms with Gasteiger partial charge in [0.15, 0.2) is 0 Å². The lowest BCUT2D eigenvalue weighted by Gasteiger charge is -2.07. The van der Waals surface area contributed by atoms with Gasteiger partial charge >= 0.3 is 0 Å². The van der Waals surface area contributed by atoms with E-state index in [0.29, 0.717) is 36.2 Å². The Morgan fingerprint density at radius 2 is 2.07 bits per heavy atom. The monoisotopic (exact) mass is 363 g/mol. The number of amides is 1. The first-order valence-corrected chi connectivity index (χ1v) is 8.42. The van der Waals surface area contributed by atoms with Crippen molar-refractivity contribution in [3.05, 3.63) is 60.8 Å². The van der Waals surface area contributed by atoms with Gasteiger partial charge in [0.2, 0.25) is 0 Å². The van der Waals surface area contributed by atoms with E-state index in [1.54, 1.807) is 23.1 Å². The van der Waals surface area contributed by atoms with Crippen LogP contribution in [0, 0.1) is 0 Å². The minimum Gasteiger partial charge on any atom is -0.360 e. The van der Waals surface area contributed by atoms with Crippen molar-refractivity contribution in [2.75, 3.05) is 11.9 Å². The first-order valence-electron chi connectivity index (χ1n) is 8.42. The summed E-state index contributed by atoms with van der Waals surface area (Å²) in [5, 5.41) is 11.1. The molecule has 3 aromatic heterocycles. The summed E-state index contributed by atoms with van der Waals surface area (Å²) in [4.78, 5) is 21.4. The number of benzene rings is 1. The largest absolute Gasteiger partial charge is 0.360 e. The van der Waals surface area contributed by atoms with E-state index in [4.69, 9.17) is 4.74 Å². The van der Waals surface area contributed by atoms with E-state index >= 15 is 0 Å². The molecule has 136 valence electrons. The Morgan fingerprint density at radius 3 is 2.89 bits per heavy atom. The lowest BCUT2D eigenvalue weighted by molar-refractivity contribution is 0.0792. The molecule has 0 aliphatic rings. The van der Waals surface area contributed by atoms with Crippen LogP contribution in [0.5, 0.6) is 0 Å². The van der Waals surface area contributed by atoms with Crippen LogP contribution in [0.1, 0.15) is 17.4 Å². The molecule has 0 unspecified atom stereocenters. The van der Waals surface area contributed by atoms with Crippen LogP contribution in [0.25, 0.3) is 17.0 Å². The van der Waals surface area contributed by atoms with Gasteiger partial charge in [-0.15, -0.1) is 0 Å². The Bertz CT molecular complexity index is 1070. The Labute approximate surface area is 154 Å². The van der Waals surface area contributed by atoms with E-state index in [1.165, 1.54) is 10.8 Å². The first kappa shape index (κ1) is 16.9. The summed E-state index contributed by atoms with van der Waals surface area (Å²) in [6.45, 7) is 2.82. The number of hydrogen-bond acceptors (Lipinski definition) is 6. The van der Waals surface area contributed by atoms with Gasteiger partial charge in [-0.05, 0) is 13.0 Å². The second kappa shape index (κ2) is 7.34. The molecule has 0 saturated heterocycles. The number of carbonyl (C=O) groups is 1. The molecule has 4 rings (SSSR count). The fraction of sp³-hybridized carbons (Fsp3) is 0.167. The molecular formula is C18H17N7O2. The van der Waals surface area contributed by atoms with Crippen LogP contribution in [-0.4, -0.2) is 41.9 Å². The molecule has 9 nitrogen and oxygen atoms in total. The van der Waals surface area contributed by atoms with Gasteiger partial charge in [-0.25, -0.2) is 9.67 Å². The van der Waals surface area contributed by atoms with E-state index in [1.807, 2.05) is 37.3 Å². The minimum absolute atomic E-state index is 0.326. The Hall–Kier alpha value is -3.59. The maximum atomic E-state index is 12.8. The van der Waals surface area contributed by atoms with Crippen LogP contribution in [0.3, 0.4) is 0 Å². The predicted molar refractivity (Wildman–Crippen MR) is 98.0 cm³/mol. The third-order valence-corrected chi connectivity index (χ3v) is 3.87. The molecule has 1 amide bonds. The van der Waals surface area contributed by atoms with Crippen molar-refractivity contribution in [2.45, 2.75) is 13.7 Å². The molecule has 0 atom stereocenters. The summed E-state index contributed by atoms with van der Waals surface area (Å²) in [6.07, 6.45) is 4.63. The predicted octanol–water partition coefficient (Wildman–Crippen LogP) is 2.23. The summed E-state index contributed by atoms with van der Waals surface area (Å²) in [7, 11) is 0. The molecule has 0 spiro atoms. The van der Waals surface area contributed by atoms with E-state index in [0.717, 1.165) is 5.56 Å². The van der Waals surface area contributed by atoms with Crippen molar-refractivity contribution in [1.29, 1.82) is 0 Å². The highest BCUT2D eigenvalue weighted by molar-refractivity contribution is 6.03. The fourth-order valence-electron chi connectivity index (χ4n) is 2.61. The van der Waals surface area contributed by atoms with Gasteiger partial charge in [-0.3, -0.25) is 4.79 Å². The van der Waals surface area contributed by atoms with Gasteiger partial charge in [-0.1, -0.05) is 30.3 Å². The first-order chi connectivity index (χ1) is 13.2. The van der Waals surface area contributed by atoms with Crippen molar-refractivity contribution in [3.63, 3.8) is 0 Å². The normalized spacial score (nSPS) is 11.0. The summed E-state index contributed by atoms with van der Waals surface area (Å²) in [5.41, 5.74) is 2.43. The van der Waals surface area contributed by atoms with Gasteiger partial charge in [0.25, 0.3) is 11.7 Å². The van der Waals surface area contributed by atoms with Crippen LogP contribution in [-0.2, 0) is 11.5 Å². The Kier molecular flexibility index (Phi) is 4.58. The topological polar surface area (TPSA) is 99.2 Å². The number of carbonyl (C=O) groups excluding carboxylic acids is 1. The number of nitrogens with one attached hydrogen (secondary N) is 1. The second-order valence-electron chi connectivity index (χ2n) is 5.71. The van der Waals surface area contributed by atoms with Crippen LogP contribution in [0.2, 0.25) is 0 Å². The van der Waals surface area contributed by atoms with Crippen LogP contribution < -0.4 is 5.32 Å². The van der Waals surface area contributed by atoms with E-state index in [2.05, 4.69) is 25.5 Å². The second-order valence-corrected chi connectivity index (χ2v) is 5.71. The number of hydrogen-bond donors (Lipinski definition) is 1. The number of ether oxygens (including phenoxy) is 1. The number of nitrogens with zero attached hydrogens (tertiary/aromatic N) is 6. The fourth-order valence-corrected chi connectivity index (χ4v) is 2.61. The van der Waals surface area contributed by atoms with Crippen molar-refractivity contribution in [1.82, 2.24) is 29.4 Å². The average molecular weight is 363 g/mol. The summed E-state index contributed by atoms with van der Waals surface area (Å²) in [6, 6.07) is 11.3.